The Morgan fingerprint density at radius 3 is 2.50 bits per heavy atom. The highest BCUT2D eigenvalue weighted by atomic mass is 35.5. The Labute approximate surface area is 184 Å². The molecule has 10 heteroatoms. The van der Waals surface area contributed by atoms with Crippen molar-refractivity contribution in [2.75, 3.05) is 10.8 Å². The van der Waals surface area contributed by atoms with Gasteiger partial charge in [0.15, 0.2) is 0 Å². The largest absolute Gasteiger partial charge is 0.271 e. The highest BCUT2D eigenvalue weighted by molar-refractivity contribution is 7.92. The summed E-state index contributed by atoms with van der Waals surface area (Å²) in [5, 5.41) is 4.27. The van der Waals surface area contributed by atoms with Crippen LogP contribution < -0.4 is 9.73 Å². The number of hydrazone groups is 1. The molecule has 0 aliphatic heterocycles. The molecule has 1 aromatic heterocycles. The first-order valence-corrected chi connectivity index (χ1v) is 10.8. The van der Waals surface area contributed by atoms with Crippen molar-refractivity contribution in [1.29, 1.82) is 0 Å². The van der Waals surface area contributed by atoms with Crippen LogP contribution in [0.4, 0.5) is 5.69 Å². The van der Waals surface area contributed by atoms with E-state index in [0.29, 0.717) is 5.56 Å². The molecule has 0 atom stereocenters. The molecule has 1 amide bonds. The van der Waals surface area contributed by atoms with Gasteiger partial charge in [-0.25, -0.2) is 13.8 Å². The minimum atomic E-state index is -4.05. The van der Waals surface area contributed by atoms with Gasteiger partial charge in [-0.15, -0.1) is 0 Å². The second-order valence-corrected chi connectivity index (χ2v) is 8.68. The third kappa shape index (κ3) is 5.35. The fraction of sp³-hybridized carbons (Fsp3) is 0.0500. The van der Waals surface area contributed by atoms with Crippen molar-refractivity contribution in [3.63, 3.8) is 0 Å². The van der Waals surface area contributed by atoms with Crippen LogP contribution in [0.3, 0.4) is 0 Å². The summed E-state index contributed by atoms with van der Waals surface area (Å²) in [5.74, 6) is -0.638. The number of sulfonamides is 1. The van der Waals surface area contributed by atoms with E-state index in [4.69, 9.17) is 23.2 Å². The molecule has 0 spiro atoms. The van der Waals surface area contributed by atoms with Gasteiger partial charge < -0.3 is 0 Å². The van der Waals surface area contributed by atoms with Crippen LogP contribution in [0.15, 0.2) is 83.1 Å². The lowest BCUT2D eigenvalue weighted by atomic mass is 10.3. The van der Waals surface area contributed by atoms with Crippen LogP contribution in [-0.2, 0) is 14.8 Å². The zero-order valence-electron chi connectivity index (χ0n) is 15.4. The maximum absolute atomic E-state index is 13.2. The Balaban J connectivity index is 1.87. The molecule has 0 unspecified atom stereocenters. The number of amides is 1. The molecule has 0 aliphatic carbocycles. The van der Waals surface area contributed by atoms with Crippen molar-refractivity contribution in [1.82, 2.24) is 10.4 Å². The molecular weight excluding hydrogens is 447 g/mol. The van der Waals surface area contributed by atoms with Crippen molar-refractivity contribution >= 4 is 51.0 Å². The maximum atomic E-state index is 13.2. The van der Waals surface area contributed by atoms with Crippen molar-refractivity contribution in [3.05, 3.63) is 88.7 Å². The molecule has 154 valence electrons. The van der Waals surface area contributed by atoms with Crippen LogP contribution in [0.2, 0.25) is 10.0 Å². The van der Waals surface area contributed by atoms with Gasteiger partial charge in [0.2, 0.25) is 0 Å². The summed E-state index contributed by atoms with van der Waals surface area (Å²) in [6.45, 7) is -0.514. The molecule has 7 nitrogen and oxygen atoms in total. The fourth-order valence-electron chi connectivity index (χ4n) is 2.47. The lowest BCUT2D eigenvalue weighted by molar-refractivity contribution is -0.119. The second-order valence-electron chi connectivity index (χ2n) is 6.00. The Bertz CT molecular complexity index is 1160. The summed E-state index contributed by atoms with van der Waals surface area (Å²) in [6.07, 6.45) is 4.58. The SMILES string of the molecule is O=C(CN(c1ccc(Cl)c(Cl)c1)S(=O)(=O)c1ccccc1)N/N=C/c1cccnc1. The van der Waals surface area contributed by atoms with Crippen molar-refractivity contribution < 1.29 is 13.2 Å². The minimum Gasteiger partial charge on any atom is -0.271 e. The number of benzene rings is 2. The molecule has 0 saturated carbocycles. The molecule has 1 heterocycles. The predicted octanol–water partition coefficient (Wildman–Crippen LogP) is 3.73. The number of halogens is 2. The van der Waals surface area contributed by atoms with Crippen LogP contribution in [-0.4, -0.2) is 32.1 Å². The lowest BCUT2D eigenvalue weighted by Crippen LogP contribution is -2.39. The summed E-state index contributed by atoms with van der Waals surface area (Å²) in [5.41, 5.74) is 3.19. The number of carbonyl (C=O) groups is 1. The molecular formula is C20H16Cl2N4O3S. The summed E-state index contributed by atoms with van der Waals surface area (Å²) < 4.78 is 27.3. The van der Waals surface area contributed by atoms with Crippen molar-refractivity contribution in [2.45, 2.75) is 4.90 Å². The highest BCUT2D eigenvalue weighted by Gasteiger charge is 2.27. The zero-order chi connectivity index (χ0) is 21.6. The molecule has 0 radical (unpaired) electrons. The van der Waals surface area contributed by atoms with E-state index in [2.05, 4.69) is 15.5 Å². The molecule has 0 bridgehead atoms. The van der Waals surface area contributed by atoms with E-state index in [9.17, 15) is 13.2 Å². The third-order valence-electron chi connectivity index (χ3n) is 3.90. The number of carbonyl (C=O) groups excluding carboxylic acids is 1. The Morgan fingerprint density at radius 2 is 1.83 bits per heavy atom. The predicted molar refractivity (Wildman–Crippen MR) is 117 cm³/mol. The minimum absolute atomic E-state index is 0.0303. The average Bonchev–Trinajstić information content (AvgIpc) is 2.75. The Kier molecular flexibility index (Phi) is 7.04. The number of rotatable bonds is 7. The molecule has 0 fully saturated rings. The normalized spacial score (nSPS) is 11.4. The maximum Gasteiger partial charge on any atom is 0.264 e. The first-order valence-electron chi connectivity index (χ1n) is 8.63. The molecule has 3 rings (SSSR count). The smallest absolute Gasteiger partial charge is 0.264 e. The van der Waals surface area contributed by atoms with Gasteiger partial charge in [0.05, 0.1) is 26.8 Å². The van der Waals surface area contributed by atoms with Gasteiger partial charge in [0.1, 0.15) is 6.54 Å². The van der Waals surface area contributed by atoms with Gasteiger partial charge in [0, 0.05) is 18.0 Å². The van der Waals surface area contributed by atoms with E-state index in [1.54, 1.807) is 42.7 Å². The number of anilines is 1. The van der Waals surface area contributed by atoms with E-state index in [1.165, 1.54) is 36.5 Å². The number of hydrogen-bond acceptors (Lipinski definition) is 5. The number of nitrogens with zero attached hydrogens (tertiary/aromatic N) is 3. The number of pyridine rings is 1. The topological polar surface area (TPSA) is 91.7 Å². The number of aromatic nitrogens is 1. The monoisotopic (exact) mass is 462 g/mol. The van der Waals surface area contributed by atoms with Crippen LogP contribution in [0.1, 0.15) is 5.56 Å². The van der Waals surface area contributed by atoms with Crippen LogP contribution in [0.5, 0.6) is 0 Å². The van der Waals surface area contributed by atoms with E-state index in [1.807, 2.05) is 0 Å². The van der Waals surface area contributed by atoms with Gasteiger partial charge in [0.25, 0.3) is 15.9 Å². The standard InChI is InChI=1S/C20H16Cl2N4O3S/c21-18-9-8-16(11-19(18)22)26(30(28,29)17-6-2-1-3-7-17)14-20(27)25-24-13-15-5-4-10-23-12-15/h1-13H,14H2,(H,25,27)/b24-13+. The summed E-state index contributed by atoms with van der Waals surface area (Å²) in [6, 6.07) is 15.6. The van der Waals surface area contributed by atoms with Crippen LogP contribution in [0.25, 0.3) is 0 Å². The lowest BCUT2D eigenvalue weighted by Gasteiger charge is -2.24. The Hall–Kier alpha value is -2.94. The fourth-order valence-corrected chi connectivity index (χ4v) is 4.20. The van der Waals surface area contributed by atoms with Gasteiger partial charge in [-0.05, 0) is 36.4 Å². The highest BCUT2D eigenvalue weighted by Crippen LogP contribution is 2.30. The average molecular weight is 463 g/mol. The van der Waals surface area contributed by atoms with E-state index in [-0.39, 0.29) is 20.6 Å². The van der Waals surface area contributed by atoms with E-state index < -0.39 is 22.5 Å². The van der Waals surface area contributed by atoms with Gasteiger partial charge in [-0.1, -0.05) is 47.5 Å². The van der Waals surface area contributed by atoms with Gasteiger partial charge in [-0.2, -0.15) is 5.10 Å². The third-order valence-corrected chi connectivity index (χ3v) is 6.42. The van der Waals surface area contributed by atoms with Crippen molar-refractivity contribution in [3.8, 4) is 0 Å². The second kappa shape index (κ2) is 9.71. The molecule has 2 aromatic carbocycles. The molecule has 1 N–H and O–H groups in total. The quantitative estimate of drug-likeness (QED) is 0.427. The summed E-state index contributed by atoms with van der Waals surface area (Å²) >= 11 is 12.0. The summed E-state index contributed by atoms with van der Waals surface area (Å²) in [7, 11) is -4.05. The first-order chi connectivity index (χ1) is 14.4. The Morgan fingerprint density at radius 1 is 1.07 bits per heavy atom. The van der Waals surface area contributed by atoms with E-state index in [0.717, 1.165) is 4.31 Å². The number of hydrogen-bond donors (Lipinski definition) is 1. The molecule has 0 saturated heterocycles. The van der Waals surface area contributed by atoms with Crippen LogP contribution >= 0.6 is 23.2 Å². The molecule has 0 aliphatic rings. The van der Waals surface area contributed by atoms with Gasteiger partial charge >= 0.3 is 0 Å². The first kappa shape index (κ1) is 21.8. The van der Waals surface area contributed by atoms with Gasteiger partial charge in [-0.3, -0.25) is 14.1 Å². The van der Waals surface area contributed by atoms with Crippen molar-refractivity contribution in [2.24, 2.45) is 5.10 Å². The van der Waals surface area contributed by atoms with Crippen LogP contribution in [0, 0.1) is 0 Å². The van der Waals surface area contributed by atoms with E-state index >= 15 is 0 Å². The molecule has 3 aromatic rings. The summed E-state index contributed by atoms with van der Waals surface area (Å²) in [4.78, 5) is 16.4. The number of nitrogens with one attached hydrogen (secondary N) is 1. The zero-order valence-corrected chi connectivity index (χ0v) is 17.8. The molecule has 30 heavy (non-hydrogen) atoms.